The van der Waals surface area contributed by atoms with Crippen LogP contribution in [0.2, 0.25) is 0 Å². The summed E-state index contributed by atoms with van der Waals surface area (Å²) < 4.78 is 5.36. The Hall–Kier alpha value is -2.95. The zero-order chi connectivity index (χ0) is 18.4. The van der Waals surface area contributed by atoms with Gasteiger partial charge in [-0.25, -0.2) is 0 Å². The van der Waals surface area contributed by atoms with Crippen molar-refractivity contribution in [3.63, 3.8) is 0 Å². The Bertz CT molecular complexity index is 809. The lowest BCUT2D eigenvalue weighted by Crippen LogP contribution is -2.35. The van der Waals surface area contributed by atoms with Gasteiger partial charge in [-0.1, -0.05) is 24.3 Å². The standard InChI is InChI=1S/C19H20N4O3/c20-12-17-11-18(23(24)25)5-6-19(17)21-13-15-1-3-16(4-2-15)14-22-7-9-26-10-8-22/h1-6,11,21H,7-10,13-14H2. The van der Waals surface area contributed by atoms with E-state index in [-0.39, 0.29) is 11.3 Å². The fourth-order valence-corrected chi connectivity index (χ4v) is 2.87. The summed E-state index contributed by atoms with van der Waals surface area (Å²) in [5.74, 6) is 0. The molecule has 0 saturated carbocycles. The summed E-state index contributed by atoms with van der Waals surface area (Å²) in [4.78, 5) is 12.7. The van der Waals surface area contributed by atoms with Crippen LogP contribution in [0.3, 0.4) is 0 Å². The lowest BCUT2D eigenvalue weighted by atomic mass is 10.1. The lowest BCUT2D eigenvalue weighted by molar-refractivity contribution is -0.384. The molecule has 3 rings (SSSR count). The summed E-state index contributed by atoms with van der Waals surface area (Å²) >= 11 is 0. The molecule has 0 atom stereocenters. The Morgan fingerprint density at radius 3 is 2.50 bits per heavy atom. The fraction of sp³-hybridized carbons (Fsp3) is 0.316. The molecule has 26 heavy (non-hydrogen) atoms. The van der Waals surface area contributed by atoms with Crippen LogP contribution in [-0.2, 0) is 17.8 Å². The van der Waals surface area contributed by atoms with Crippen LogP contribution < -0.4 is 5.32 Å². The number of morpholine rings is 1. The molecule has 0 amide bonds. The van der Waals surface area contributed by atoms with Gasteiger partial charge in [-0.05, 0) is 17.2 Å². The quantitative estimate of drug-likeness (QED) is 0.635. The lowest BCUT2D eigenvalue weighted by Gasteiger charge is -2.26. The maximum absolute atomic E-state index is 10.8. The Labute approximate surface area is 152 Å². The molecule has 0 bridgehead atoms. The van der Waals surface area contributed by atoms with Gasteiger partial charge < -0.3 is 10.1 Å². The Balaban J connectivity index is 1.59. The van der Waals surface area contributed by atoms with E-state index in [1.54, 1.807) is 6.07 Å². The van der Waals surface area contributed by atoms with Gasteiger partial charge >= 0.3 is 0 Å². The van der Waals surface area contributed by atoms with Crippen LogP contribution in [0.4, 0.5) is 11.4 Å². The second-order valence-corrected chi connectivity index (χ2v) is 6.16. The number of nitriles is 1. The molecule has 2 aromatic carbocycles. The first-order valence-corrected chi connectivity index (χ1v) is 8.46. The SMILES string of the molecule is N#Cc1cc([N+](=O)[O-])ccc1NCc1ccc(CN2CCOCC2)cc1. The number of hydrogen-bond donors (Lipinski definition) is 1. The molecule has 0 aliphatic carbocycles. The first-order chi connectivity index (χ1) is 12.7. The van der Waals surface area contributed by atoms with Crippen molar-refractivity contribution in [2.45, 2.75) is 13.1 Å². The van der Waals surface area contributed by atoms with Gasteiger partial charge in [0.15, 0.2) is 0 Å². The molecule has 1 N–H and O–H groups in total. The Kier molecular flexibility index (Phi) is 5.79. The van der Waals surface area contributed by atoms with Crippen LogP contribution in [0.1, 0.15) is 16.7 Å². The predicted octanol–water partition coefficient (Wildman–Crippen LogP) is 2.91. The van der Waals surface area contributed by atoms with Crippen LogP contribution in [0.5, 0.6) is 0 Å². The van der Waals surface area contributed by atoms with Gasteiger partial charge in [0.2, 0.25) is 0 Å². The Morgan fingerprint density at radius 1 is 1.15 bits per heavy atom. The molecule has 1 fully saturated rings. The van der Waals surface area contributed by atoms with E-state index in [1.165, 1.54) is 17.7 Å². The van der Waals surface area contributed by atoms with Crippen LogP contribution in [0.25, 0.3) is 0 Å². The molecule has 7 nitrogen and oxygen atoms in total. The van der Waals surface area contributed by atoms with E-state index in [4.69, 9.17) is 4.74 Å². The van der Waals surface area contributed by atoms with E-state index < -0.39 is 4.92 Å². The van der Waals surface area contributed by atoms with Gasteiger partial charge in [-0.2, -0.15) is 5.26 Å². The number of nitro groups is 1. The molecular formula is C19H20N4O3. The van der Waals surface area contributed by atoms with Crippen molar-refractivity contribution in [2.24, 2.45) is 0 Å². The normalized spacial score (nSPS) is 14.6. The van der Waals surface area contributed by atoms with Crippen LogP contribution in [0.15, 0.2) is 42.5 Å². The third kappa shape index (κ3) is 4.57. The largest absolute Gasteiger partial charge is 0.380 e. The molecular weight excluding hydrogens is 332 g/mol. The van der Waals surface area contributed by atoms with Crippen molar-refractivity contribution in [2.75, 3.05) is 31.6 Å². The topological polar surface area (TPSA) is 91.4 Å². The summed E-state index contributed by atoms with van der Waals surface area (Å²) in [7, 11) is 0. The van der Waals surface area contributed by atoms with Crippen molar-refractivity contribution in [3.05, 3.63) is 69.3 Å². The van der Waals surface area contributed by atoms with Crippen molar-refractivity contribution in [3.8, 4) is 6.07 Å². The minimum atomic E-state index is -0.502. The molecule has 1 heterocycles. The number of ether oxygens (including phenoxy) is 1. The van der Waals surface area contributed by atoms with Gasteiger partial charge in [0.25, 0.3) is 5.69 Å². The highest BCUT2D eigenvalue weighted by atomic mass is 16.6. The number of nitrogens with one attached hydrogen (secondary N) is 1. The number of nitrogens with zero attached hydrogens (tertiary/aromatic N) is 3. The first kappa shape index (κ1) is 17.9. The summed E-state index contributed by atoms with van der Waals surface area (Å²) in [6.07, 6.45) is 0. The second kappa shape index (κ2) is 8.43. The summed E-state index contributed by atoms with van der Waals surface area (Å²) in [6, 6.07) is 14.6. The number of nitro benzene ring substituents is 1. The van der Waals surface area contributed by atoms with Crippen molar-refractivity contribution in [1.29, 1.82) is 5.26 Å². The summed E-state index contributed by atoms with van der Waals surface area (Å²) in [6.45, 7) is 4.96. The maximum Gasteiger partial charge on any atom is 0.270 e. The molecule has 0 aromatic heterocycles. The fourth-order valence-electron chi connectivity index (χ4n) is 2.87. The molecule has 134 valence electrons. The number of non-ortho nitro benzene ring substituents is 1. The highest BCUT2D eigenvalue weighted by Gasteiger charge is 2.12. The van der Waals surface area contributed by atoms with Crippen molar-refractivity contribution in [1.82, 2.24) is 4.90 Å². The molecule has 0 spiro atoms. The number of hydrogen-bond acceptors (Lipinski definition) is 6. The van der Waals surface area contributed by atoms with E-state index in [1.807, 2.05) is 6.07 Å². The second-order valence-electron chi connectivity index (χ2n) is 6.16. The summed E-state index contributed by atoms with van der Waals surface area (Å²) in [5.41, 5.74) is 3.11. The van der Waals surface area contributed by atoms with Crippen LogP contribution in [-0.4, -0.2) is 36.1 Å². The predicted molar refractivity (Wildman–Crippen MR) is 97.7 cm³/mol. The van der Waals surface area contributed by atoms with E-state index in [0.717, 1.165) is 38.4 Å². The average Bonchev–Trinajstić information content (AvgIpc) is 2.68. The van der Waals surface area contributed by atoms with E-state index in [9.17, 15) is 15.4 Å². The Morgan fingerprint density at radius 2 is 1.85 bits per heavy atom. The first-order valence-electron chi connectivity index (χ1n) is 8.46. The average molecular weight is 352 g/mol. The highest BCUT2D eigenvalue weighted by molar-refractivity contribution is 5.61. The van der Waals surface area contributed by atoms with Crippen molar-refractivity contribution >= 4 is 11.4 Å². The molecule has 1 saturated heterocycles. The van der Waals surface area contributed by atoms with Gasteiger partial charge in [-0.3, -0.25) is 15.0 Å². The summed E-state index contributed by atoms with van der Waals surface area (Å²) in [5, 5.41) is 23.2. The minimum absolute atomic E-state index is 0.0837. The zero-order valence-corrected chi connectivity index (χ0v) is 14.4. The van der Waals surface area contributed by atoms with Crippen molar-refractivity contribution < 1.29 is 9.66 Å². The molecule has 1 aliphatic rings. The minimum Gasteiger partial charge on any atom is -0.380 e. The van der Waals surface area contributed by atoms with E-state index in [2.05, 4.69) is 34.5 Å². The molecule has 0 unspecified atom stereocenters. The third-order valence-electron chi connectivity index (χ3n) is 4.35. The third-order valence-corrected chi connectivity index (χ3v) is 4.35. The zero-order valence-electron chi connectivity index (χ0n) is 14.4. The van der Waals surface area contributed by atoms with Gasteiger partial charge in [0.05, 0.1) is 29.4 Å². The molecule has 7 heteroatoms. The van der Waals surface area contributed by atoms with Crippen LogP contribution >= 0.6 is 0 Å². The molecule has 0 radical (unpaired) electrons. The molecule has 2 aromatic rings. The van der Waals surface area contributed by atoms with E-state index in [0.29, 0.717) is 12.2 Å². The van der Waals surface area contributed by atoms with Crippen LogP contribution in [0, 0.1) is 21.4 Å². The monoisotopic (exact) mass is 352 g/mol. The molecule has 1 aliphatic heterocycles. The number of rotatable bonds is 6. The van der Waals surface area contributed by atoms with Gasteiger partial charge in [0.1, 0.15) is 6.07 Å². The van der Waals surface area contributed by atoms with E-state index >= 15 is 0 Å². The maximum atomic E-state index is 10.8. The number of benzene rings is 2. The highest BCUT2D eigenvalue weighted by Crippen LogP contribution is 2.22. The van der Waals surface area contributed by atoms with Gasteiger partial charge in [-0.15, -0.1) is 0 Å². The van der Waals surface area contributed by atoms with Gasteiger partial charge in [0, 0.05) is 38.3 Å². The number of anilines is 1. The smallest absolute Gasteiger partial charge is 0.270 e.